The van der Waals surface area contributed by atoms with Crippen molar-refractivity contribution in [2.75, 3.05) is 0 Å². The molecule has 94 valence electrons. The number of benzene rings is 1. The molecular weight excluding hydrogens is 296 g/mol. The van der Waals surface area contributed by atoms with Gasteiger partial charge in [0.25, 0.3) is 5.91 Å². The van der Waals surface area contributed by atoms with Gasteiger partial charge in [0.2, 0.25) is 0 Å². The molecule has 2 rings (SSSR count). The van der Waals surface area contributed by atoms with Crippen molar-refractivity contribution in [2.24, 2.45) is 0 Å². The molecule has 2 aromatic rings. The molecule has 18 heavy (non-hydrogen) atoms. The van der Waals surface area contributed by atoms with Crippen molar-refractivity contribution in [2.45, 2.75) is 19.4 Å². The van der Waals surface area contributed by atoms with Gasteiger partial charge in [-0.05, 0) is 25.0 Å². The average Bonchev–Trinajstić information content (AvgIpc) is 2.85. The molecule has 0 bridgehead atoms. The molecule has 4 nitrogen and oxygen atoms in total. The third-order valence-corrected chi connectivity index (χ3v) is 3.31. The molecule has 0 saturated heterocycles. The molecule has 1 aromatic carbocycles. The van der Waals surface area contributed by atoms with Crippen LogP contribution in [0.4, 0.5) is 0 Å². The number of amides is 1. The topological polar surface area (TPSA) is 55.1 Å². The number of rotatable bonds is 4. The van der Waals surface area contributed by atoms with Crippen molar-refractivity contribution in [3.63, 3.8) is 0 Å². The lowest BCUT2D eigenvalue weighted by Crippen LogP contribution is -2.34. The summed E-state index contributed by atoms with van der Waals surface area (Å²) in [6.07, 6.45) is 2.14. The van der Waals surface area contributed by atoms with Gasteiger partial charge in [0, 0.05) is 16.6 Å². The van der Waals surface area contributed by atoms with Crippen LogP contribution in [0.1, 0.15) is 23.0 Å². The molecule has 0 spiro atoms. The fraction of sp³-hybridized carbons (Fsp3) is 0.231. The number of carbonyl (C=O) groups is 1. The predicted octanol–water partition coefficient (Wildman–Crippen LogP) is 2.80. The first kappa shape index (κ1) is 12.8. The molecule has 0 saturated carbocycles. The summed E-state index contributed by atoms with van der Waals surface area (Å²) in [7, 11) is 0. The minimum absolute atomic E-state index is 0.0212. The molecule has 0 radical (unpaired) electrons. The Balaban J connectivity index is 1.95. The Morgan fingerprint density at radius 3 is 2.89 bits per heavy atom. The summed E-state index contributed by atoms with van der Waals surface area (Å²) in [5.74, 6) is -0.219. The summed E-state index contributed by atoms with van der Waals surface area (Å²) in [4.78, 5) is 11.7. The zero-order valence-corrected chi connectivity index (χ0v) is 11.5. The van der Waals surface area contributed by atoms with E-state index in [-0.39, 0.29) is 11.9 Å². The van der Waals surface area contributed by atoms with E-state index in [2.05, 4.69) is 30.9 Å². The van der Waals surface area contributed by atoms with E-state index in [1.165, 1.54) is 6.26 Å². The van der Waals surface area contributed by atoms with Crippen LogP contribution in [0.2, 0.25) is 0 Å². The Labute approximate surface area is 113 Å². The molecule has 1 amide bonds. The highest BCUT2D eigenvalue weighted by molar-refractivity contribution is 9.10. The van der Waals surface area contributed by atoms with Gasteiger partial charge >= 0.3 is 0 Å². The maximum absolute atomic E-state index is 11.7. The van der Waals surface area contributed by atoms with Crippen LogP contribution in [0.25, 0.3) is 0 Å². The summed E-state index contributed by atoms with van der Waals surface area (Å²) in [6, 6.07) is 9.52. The summed E-state index contributed by atoms with van der Waals surface area (Å²) >= 11 is 3.49. The molecule has 0 aliphatic heterocycles. The maximum Gasteiger partial charge on any atom is 0.273 e. The number of hydrogen-bond acceptors (Lipinski definition) is 3. The quantitative estimate of drug-likeness (QED) is 0.945. The second-order valence-electron chi connectivity index (χ2n) is 4.05. The number of nitrogens with one attached hydrogen (secondary N) is 1. The zero-order valence-electron chi connectivity index (χ0n) is 9.89. The van der Waals surface area contributed by atoms with Crippen LogP contribution >= 0.6 is 15.9 Å². The van der Waals surface area contributed by atoms with Crippen LogP contribution in [-0.2, 0) is 6.42 Å². The molecule has 1 aromatic heterocycles. The van der Waals surface area contributed by atoms with Gasteiger partial charge < -0.3 is 9.84 Å². The van der Waals surface area contributed by atoms with E-state index in [0.717, 1.165) is 16.5 Å². The van der Waals surface area contributed by atoms with Crippen LogP contribution in [0.3, 0.4) is 0 Å². The first-order valence-electron chi connectivity index (χ1n) is 5.61. The van der Waals surface area contributed by atoms with E-state index in [4.69, 9.17) is 0 Å². The van der Waals surface area contributed by atoms with E-state index in [0.29, 0.717) is 5.69 Å². The van der Waals surface area contributed by atoms with Gasteiger partial charge in [-0.2, -0.15) is 0 Å². The lowest BCUT2D eigenvalue weighted by Gasteiger charge is -2.13. The fourth-order valence-corrected chi connectivity index (χ4v) is 2.12. The number of aromatic nitrogens is 1. The smallest absolute Gasteiger partial charge is 0.273 e. The van der Waals surface area contributed by atoms with E-state index >= 15 is 0 Å². The minimum atomic E-state index is -0.219. The third kappa shape index (κ3) is 3.20. The highest BCUT2D eigenvalue weighted by Crippen LogP contribution is 2.17. The van der Waals surface area contributed by atoms with Crippen molar-refractivity contribution < 1.29 is 9.32 Å². The van der Waals surface area contributed by atoms with Gasteiger partial charge in [0.15, 0.2) is 5.69 Å². The Morgan fingerprint density at radius 2 is 2.22 bits per heavy atom. The van der Waals surface area contributed by atoms with Crippen LogP contribution in [0, 0.1) is 0 Å². The SMILES string of the molecule is C[C@@H](Cc1ccccc1Br)NC(=O)c1ccon1. The summed E-state index contributed by atoms with van der Waals surface area (Å²) in [5, 5.41) is 6.47. The molecule has 0 aliphatic rings. The molecule has 1 heterocycles. The highest BCUT2D eigenvalue weighted by atomic mass is 79.9. The van der Waals surface area contributed by atoms with Gasteiger partial charge in [-0.1, -0.05) is 39.3 Å². The molecule has 0 aliphatic carbocycles. The van der Waals surface area contributed by atoms with Crippen LogP contribution in [0.15, 0.2) is 45.6 Å². The van der Waals surface area contributed by atoms with Crippen molar-refractivity contribution in [3.05, 3.63) is 52.3 Å². The number of nitrogens with zero attached hydrogens (tertiary/aromatic N) is 1. The Hall–Kier alpha value is -1.62. The van der Waals surface area contributed by atoms with Crippen molar-refractivity contribution in [1.82, 2.24) is 10.5 Å². The monoisotopic (exact) mass is 308 g/mol. The minimum Gasteiger partial charge on any atom is -0.364 e. The van der Waals surface area contributed by atoms with Gasteiger partial charge in [-0.15, -0.1) is 0 Å². The Kier molecular flexibility index (Phi) is 4.15. The average molecular weight is 309 g/mol. The Morgan fingerprint density at radius 1 is 1.44 bits per heavy atom. The van der Waals surface area contributed by atoms with E-state index in [9.17, 15) is 4.79 Å². The number of carbonyl (C=O) groups excluding carboxylic acids is 1. The van der Waals surface area contributed by atoms with Crippen LogP contribution in [-0.4, -0.2) is 17.1 Å². The van der Waals surface area contributed by atoms with Crippen molar-refractivity contribution in [3.8, 4) is 0 Å². The zero-order chi connectivity index (χ0) is 13.0. The molecule has 1 atom stereocenters. The second kappa shape index (κ2) is 5.82. The van der Waals surface area contributed by atoms with E-state index in [1.807, 2.05) is 31.2 Å². The summed E-state index contributed by atoms with van der Waals surface area (Å²) in [6.45, 7) is 1.96. The lowest BCUT2D eigenvalue weighted by atomic mass is 10.1. The van der Waals surface area contributed by atoms with Crippen molar-refractivity contribution >= 4 is 21.8 Å². The molecule has 5 heteroatoms. The lowest BCUT2D eigenvalue weighted by molar-refractivity contribution is 0.0931. The largest absolute Gasteiger partial charge is 0.364 e. The maximum atomic E-state index is 11.7. The summed E-state index contributed by atoms with van der Waals surface area (Å²) in [5.41, 5.74) is 1.46. The van der Waals surface area contributed by atoms with Gasteiger partial charge in [-0.3, -0.25) is 4.79 Å². The first-order chi connectivity index (χ1) is 8.66. The predicted molar refractivity (Wildman–Crippen MR) is 71.3 cm³/mol. The summed E-state index contributed by atoms with van der Waals surface area (Å²) < 4.78 is 5.68. The number of halogens is 1. The first-order valence-corrected chi connectivity index (χ1v) is 6.41. The Bertz CT molecular complexity index is 526. The second-order valence-corrected chi connectivity index (χ2v) is 4.91. The molecule has 0 unspecified atom stereocenters. The third-order valence-electron chi connectivity index (χ3n) is 2.53. The molecule has 1 N–H and O–H groups in total. The van der Waals surface area contributed by atoms with Gasteiger partial charge in [0.05, 0.1) is 0 Å². The van der Waals surface area contributed by atoms with Crippen LogP contribution in [0.5, 0.6) is 0 Å². The normalized spacial score (nSPS) is 12.1. The standard InChI is InChI=1S/C13H13BrN2O2/c1-9(8-10-4-2-3-5-11(10)14)15-13(17)12-6-7-18-16-12/h2-7,9H,8H2,1H3,(H,15,17)/t9-/m0/s1. The molecular formula is C13H13BrN2O2. The van der Waals surface area contributed by atoms with Gasteiger partial charge in [-0.25, -0.2) is 0 Å². The van der Waals surface area contributed by atoms with Gasteiger partial charge in [0.1, 0.15) is 6.26 Å². The van der Waals surface area contributed by atoms with Crippen LogP contribution < -0.4 is 5.32 Å². The van der Waals surface area contributed by atoms with Crippen molar-refractivity contribution in [1.29, 1.82) is 0 Å². The number of hydrogen-bond donors (Lipinski definition) is 1. The van der Waals surface area contributed by atoms with E-state index < -0.39 is 0 Å². The highest BCUT2D eigenvalue weighted by Gasteiger charge is 2.13. The van der Waals surface area contributed by atoms with E-state index in [1.54, 1.807) is 6.07 Å². The fourth-order valence-electron chi connectivity index (χ4n) is 1.67. The molecule has 0 fully saturated rings.